The Morgan fingerprint density at radius 2 is 2.00 bits per heavy atom. The third-order valence-electron chi connectivity index (χ3n) is 6.35. The molecule has 1 amide bonds. The summed E-state index contributed by atoms with van der Waals surface area (Å²) < 4.78 is 11.5. The van der Waals surface area contributed by atoms with E-state index < -0.39 is 17.7 Å². The van der Waals surface area contributed by atoms with Gasteiger partial charge in [0, 0.05) is 30.9 Å². The summed E-state index contributed by atoms with van der Waals surface area (Å²) in [5.74, 6) is -0.273. The molecule has 1 N–H and O–H groups in total. The van der Waals surface area contributed by atoms with E-state index in [0.29, 0.717) is 29.9 Å². The molecule has 0 saturated carbocycles. The molecule has 5 rings (SSSR count). The third-order valence-corrected chi connectivity index (χ3v) is 6.35. The van der Waals surface area contributed by atoms with Gasteiger partial charge >= 0.3 is 0 Å². The maximum atomic E-state index is 13.4. The number of pyridine rings is 1. The van der Waals surface area contributed by atoms with Crippen molar-refractivity contribution in [2.24, 2.45) is 0 Å². The number of hydrogen-bond donors (Lipinski definition) is 1. The van der Waals surface area contributed by atoms with E-state index in [9.17, 15) is 14.7 Å². The van der Waals surface area contributed by atoms with Crippen molar-refractivity contribution >= 4 is 17.4 Å². The van der Waals surface area contributed by atoms with Crippen molar-refractivity contribution in [2.45, 2.75) is 32.0 Å². The Labute approximate surface area is 209 Å². The van der Waals surface area contributed by atoms with Gasteiger partial charge in [0.2, 0.25) is 0 Å². The fourth-order valence-electron chi connectivity index (χ4n) is 4.73. The van der Waals surface area contributed by atoms with Crippen LogP contribution in [0.2, 0.25) is 0 Å². The van der Waals surface area contributed by atoms with Gasteiger partial charge in [-0.15, -0.1) is 0 Å². The maximum Gasteiger partial charge on any atom is 0.295 e. The lowest BCUT2D eigenvalue weighted by atomic mass is 9.94. The van der Waals surface area contributed by atoms with Gasteiger partial charge in [-0.2, -0.15) is 0 Å². The van der Waals surface area contributed by atoms with Gasteiger partial charge in [0.05, 0.1) is 11.6 Å². The lowest BCUT2D eigenvalue weighted by Crippen LogP contribution is -2.29. The first-order valence-corrected chi connectivity index (χ1v) is 11.8. The van der Waals surface area contributed by atoms with E-state index in [-0.39, 0.29) is 24.0 Å². The number of fused-ring (bicyclic) bond motifs is 1. The minimum atomic E-state index is -0.797. The topological polar surface area (TPSA) is 89.0 Å². The molecule has 2 aliphatic heterocycles. The summed E-state index contributed by atoms with van der Waals surface area (Å²) in [5, 5.41) is 11.4. The van der Waals surface area contributed by atoms with E-state index in [4.69, 9.17) is 9.47 Å². The van der Waals surface area contributed by atoms with E-state index >= 15 is 0 Å². The number of Topliss-reactive ketones (excluding diaryl/α,β-unsaturated/α-hetero) is 1. The first kappa shape index (κ1) is 23.4. The number of benzene rings is 2. The molecule has 3 heterocycles. The average Bonchev–Trinajstić information content (AvgIpc) is 3.39. The number of carbonyl (C=O) groups excluding carboxylic acids is 2. The first-order valence-electron chi connectivity index (χ1n) is 11.8. The predicted molar refractivity (Wildman–Crippen MR) is 134 cm³/mol. The molecule has 1 fully saturated rings. The van der Waals surface area contributed by atoms with Gasteiger partial charge in [-0.3, -0.25) is 14.6 Å². The van der Waals surface area contributed by atoms with Gasteiger partial charge < -0.3 is 19.5 Å². The Morgan fingerprint density at radius 1 is 1.19 bits per heavy atom. The van der Waals surface area contributed by atoms with Gasteiger partial charge in [-0.1, -0.05) is 24.8 Å². The number of hydrogen-bond acceptors (Lipinski definition) is 6. The van der Waals surface area contributed by atoms with Crippen LogP contribution in [0.5, 0.6) is 11.5 Å². The zero-order chi connectivity index (χ0) is 25.2. The predicted octanol–water partition coefficient (Wildman–Crippen LogP) is 4.59. The summed E-state index contributed by atoms with van der Waals surface area (Å²) in [4.78, 5) is 32.1. The van der Waals surface area contributed by atoms with Crippen LogP contribution in [0.3, 0.4) is 0 Å². The number of amides is 1. The smallest absolute Gasteiger partial charge is 0.295 e. The van der Waals surface area contributed by atoms with Crippen molar-refractivity contribution in [3.8, 4) is 11.5 Å². The minimum absolute atomic E-state index is 0.0432. The van der Waals surface area contributed by atoms with Crippen LogP contribution in [0.4, 0.5) is 0 Å². The lowest BCUT2D eigenvalue weighted by Gasteiger charge is -2.25. The number of rotatable bonds is 7. The Bertz CT molecular complexity index is 1370. The van der Waals surface area contributed by atoms with Crippen LogP contribution in [0, 0.1) is 0 Å². The third kappa shape index (κ3) is 4.35. The number of aromatic nitrogens is 1. The highest BCUT2D eigenvalue weighted by atomic mass is 16.5. The Morgan fingerprint density at radius 3 is 2.78 bits per heavy atom. The second-order valence-electron chi connectivity index (χ2n) is 8.91. The molecule has 7 nitrogen and oxygen atoms in total. The van der Waals surface area contributed by atoms with Crippen LogP contribution in [0.25, 0.3) is 5.76 Å². The molecule has 0 radical (unpaired) electrons. The molecule has 7 heteroatoms. The summed E-state index contributed by atoms with van der Waals surface area (Å²) in [5.41, 5.74) is 2.94. The molecule has 0 bridgehead atoms. The molecule has 0 spiro atoms. The van der Waals surface area contributed by atoms with Gasteiger partial charge in [0.25, 0.3) is 11.7 Å². The van der Waals surface area contributed by atoms with Crippen molar-refractivity contribution < 1.29 is 24.2 Å². The SMILES string of the molecule is C=CCOc1cccc([C@H]2C(=C(O)c3ccc4c(c3)C[C@H](C)O4)C(=O)C(=O)N2Cc2ccncc2)c1. The highest BCUT2D eigenvalue weighted by Crippen LogP contribution is 2.42. The number of ether oxygens (including phenoxy) is 2. The van der Waals surface area contributed by atoms with Crippen molar-refractivity contribution in [2.75, 3.05) is 6.61 Å². The van der Waals surface area contributed by atoms with E-state index in [0.717, 1.165) is 16.9 Å². The molecule has 2 atom stereocenters. The van der Waals surface area contributed by atoms with Gasteiger partial charge in [-0.05, 0) is 66.1 Å². The number of carbonyl (C=O) groups is 2. The van der Waals surface area contributed by atoms with Crippen LogP contribution in [0.1, 0.15) is 35.2 Å². The van der Waals surface area contributed by atoms with Crippen molar-refractivity contribution in [1.82, 2.24) is 9.88 Å². The molecule has 1 aromatic heterocycles. The van der Waals surface area contributed by atoms with E-state index in [2.05, 4.69) is 11.6 Å². The monoisotopic (exact) mass is 482 g/mol. The quantitative estimate of drug-likeness (QED) is 0.229. The number of likely N-dealkylation sites (tertiary alicyclic amines) is 1. The number of aliphatic hydroxyl groups is 1. The molecular formula is C29H26N2O5. The maximum absolute atomic E-state index is 13.4. The van der Waals surface area contributed by atoms with Crippen LogP contribution in [-0.2, 0) is 22.6 Å². The second-order valence-corrected chi connectivity index (χ2v) is 8.91. The summed E-state index contributed by atoms with van der Waals surface area (Å²) in [6.45, 7) is 6.15. The fourth-order valence-corrected chi connectivity index (χ4v) is 4.73. The zero-order valence-corrected chi connectivity index (χ0v) is 19.9. The molecular weight excluding hydrogens is 456 g/mol. The van der Waals surface area contributed by atoms with E-state index in [1.807, 2.05) is 19.1 Å². The highest BCUT2D eigenvalue weighted by molar-refractivity contribution is 6.46. The lowest BCUT2D eigenvalue weighted by molar-refractivity contribution is -0.140. The van der Waals surface area contributed by atoms with E-state index in [1.165, 1.54) is 4.90 Å². The minimum Gasteiger partial charge on any atom is -0.507 e. The van der Waals surface area contributed by atoms with Gasteiger partial charge in [0.1, 0.15) is 30.0 Å². The van der Waals surface area contributed by atoms with Gasteiger partial charge in [-0.25, -0.2) is 0 Å². The first-order chi connectivity index (χ1) is 17.5. The Kier molecular flexibility index (Phi) is 6.29. The van der Waals surface area contributed by atoms with Crippen LogP contribution < -0.4 is 9.47 Å². The fraction of sp³-hybridized carbons (Fsp3) is 0.207. The van der Waals surface area contributed by atoms with Crippen molar-refractivity contribution in [1.29, 1.82) is 0 Å². The molecule has 0 aliphatic carbocycles. The number of nitrogens with zero attached hydrogens (tertiary/aromatic N) is 2. The normalized spacial score (nSPS) is 20.2. The summed E-state index contributed by atoms with van der Waals surface area (Å²) in [6.07, 6.45) is 5.66. The Balaban J connectivity index is 1.62. The zero-order valence-electron chi connectivity index (χ0n) is 19.9. The number of ketones is 1. The number of aliphatic hydroxyl groups excluding tert-OH is 1. The Hall–Kier alpha value is -4.39. The van der Waals surface area contributed by atoms with Crippen LogP contribution >= 0.6 is 0 Å². The highest BCUT2D eigenvalue weighted by Gasteiger charge is 2.46. The summed E-state index contributed by atoms with van der Waals surface area (Å²) in [6, 6.07) is 15.3. The molecule has 2 aliphatic rings. The largest absolute Gasteiger partial charge is 0.507 e. The van der Waals surface area contributed by atoms with Crippen LogP contribution in [-0.4, -0.2) is 39.4 Å². The second kappa shape index (κ2) is 9.70. The van der Waals surface area contributed by atoms with E-state index in [1.54, 1.807) is 60.9 Å². The van der Waals surface area contributed by atoms with Crippen LogP contribution in [0.15, 0.2) is 85.2 Å². The summed E-state index contributed by atoms with van der Waals surface area (Å²) >= 11 is 0. The van der Waals surface area contributed by atoms with Crippen molar-refractivity contribution in [3.63, 3.8) is 0 Å². The molecule has 0 unspecified atom stereocenters. The van der Waals surface area contributed by atoms with Gasteiger partial charge in [0.15, 0.2) is 0 Å². The molecule has 36 heavy (non-hydrogen) atoms. The standard InChI is InChI=1S/C29H26N2O5/c1-3-13-35-23-6-4-5-20(16-23)26-25(27(32)21-7-8-24-22(15-21)14-18(2)36-24)28(33)29(34)31(26)17-19-9-11-30-12-10-19/h3-12,15-16,18,26,32H,1,13-14,17H2,2H3/t18-,26-/m0/s1. The molecule has 2 aromatic carbocycles. The summed E-state index contributed by atoms with van der Waals surface area (Å²) in [7, 11) is 0. The molecule has 1 saturated heterocycles. The molecule has 182 valence electrons. The van der Waals surface area contributed by atoms with Crippen molar-refractivity contribution in [3.05, 3.63) is 107 Å². The average molecular weight is 483 g/mol. The molecule has 3 aromatic rings.